The first-order valence-electron chi connectivity index (χ1n) is 16.6. The highest BCUT2D eigenvalue weighted by atomic mass is 15.3. The molecule has 0 saturated heterocycles. The average Bonchev–Trinajstić information content (AvgIpc) is 3.03. The van der Waals surface area contributed by atoms with Crippen molar-refractivity contribution in [1.82, 2.24) is 0 Å². The van der Waals surface area contributed by atoms with Gasteiger partial charge in [-0.05, 0) is 94.7 Å². The zero-order valence-corrected chi connectivity index (χ0v) is 28.3. The first-order chi connectivity index (χ1) is 22.1. The molecule has 0 saturated carbocycles. The quantitative estimate of drug-likeness (QED) is 0.120. The van der Waals surface area contributed by atoms with E-state index < -0.39 is 0 Å². The van der Waals surface area contributed by atoms with Gasteiger partial charge in [0.2, 0.25) is 0 Å². The molecule has 0 aliphatic carbocycles. The van der Waals surface area contributed by atoms with E-state index in [2.05, 4.69) is 164 Å². The van der Waals surface area contributed by atoms with Gasteiger partial charge in [-0.25, -0.2) is 0 Å². The van der Waals surface area contributed by atoms with Gasteiger partial charge < -0.3 is 8.97 Å². The van der Waals surface area contributed by atoms with Gasteiger partial charge in [0.05, 0.1) is 55.4 Å². The van der Waals surface area contributed by atoms with Crippen LogP contribution in [0.5, 0.6) is 0 Å². The van der Waals surface area contributed by atoms with Crippen molar-refractivity contribution in [3.63, 3.8) is 0 Å². The van der Waals surface area contributed by atoms with Crippen LogP contribution in [0, 0.1) is 0 Å². The molecule has 0 fully saturated rings. The molecule has 0 spiro atoms. The zero-order valence-electron chi connectivity index (χ0n) is 28.3. The molecule has 0 unspecified atom stereocenters. The summed E-state index contributed by atoms with van der Waals surface area (Å²) in [6, 6.07) is 45.7. The summed E-state index contributed by atoms with van der Waals surface area (Å²) in [4.78, 5) is 0. The standard InChI is InChI=1S/C44H46N2/c1-45(2,3)25-23-35-29-36(24-26-46(4,5)6)42(44-39-21-13-9-17-33(39)28-34-18-10-14-22-40(34)44)30-41(35)43-37-19-11-7-15-31(37)27-32-16-8-12-20-38(32)43/h7-22,27-30H,23-26H2,1-6H3/q+2. The van der Waals surface area contributed by atoms with Crippen LogP contribution < -0.4 is 0 Å². The predicted octanol–water partition coefficient (Wildman–Crippen LogP) is 10.1. The van der Waals surface area contributed by atoms with Crippen molar-refractivity contribution in [2.45, 2.75) is 12.8 Å². The molecule has 0 bridgehead atoms. The zero-order chi connectivity index (χ0) is 32.1. The van der Waals surface area contributed by atoms with Gasteiger partial charge in [0.1, 0.15) is 0 Å². The SMILES string of the molecule is C[N+](C)(C)CCc1cc(CC[N+](C)(C)C)c(-c2c3ccccc3cc3ccccc23)cc1-c1c2ccccc2cc2ccccc12. The lowest BCUT2D eigenvalue weighted by molar-refractivity contribution is -0.870. The second-order valence-electron chi connectivity index (χ2n) is 15.1. The molecule has 0 aliphatic heterocycles. The number of likely N-dealkylation sites (N-methyl/N-ethyl adjacent to an activating group) is 2. The third-order valence-electron chi connectivity index (χ3n) is 9.51. The molecule has 7 aromatic carbocycles. The molecule has 0 aliphatic rings. The number of hydrogen-bond acceptors (Lipinski definition) is 0. The molecule has 2 heteroatoms. The van der Waals surface area contributed by atoms with Gasteiger partial charge in [0.25, 0.3) is 0 Å². The Hall–Kier alpha value is -4.50. The van der Waals surface area contributed by atoms with Gasteiger partial charge in [-0.3, -0.25) is 0 Å². The molecular weight excluding hydrogens is 556 g/mol. The molecule has 0 aromatic heterocycles. The van der Waals surface area contributed by atoms with Gasteiger partial charge in [-0.1, -0.05) is 103 Å². The van der Waals surface area contributed by atoms with Gasteiger partial charge in [-0.15, -0.1) is 0 Å². The summed E-state index contributed by atoms with van der Waals surface area (Å²) in [6.45, 7) is 2.14. The lowest BCUT2D eigenvalue weighted by atomic mass is 9.82. The normalized spacial score (nSPS) is 12.5. The van der Waals surface area contributed by atoms with Gasteiger partial charge in [0.15, 0.2) is 0 Å². The summed E-state index contributed by atoms with van der Waals surface area (Å²) < 4.78 is 1.86. The van der Waals surface area contributed by atoms with Gasteiger partial charge >= 0.3 is 0 Å². The maximum Gasteiger partial charge on any atom is 0.0821 e. The molecular formula is C44H46N2+2. The Balaban J connectivity index is 1.62. The fourth-order valence-electron chi connectivity index (χ4n) is 7.09. The summed E-state index contributed by atoms with van der Waals surface area (Å²) in [5.74, 6) is 0. The highest BCUT2D eigenvalue weighted by molar-refractivity contribution is 6.16. The number of hydrogen-bond donors (Lipinski definition) is 0. The van der Waals surface area contributed by atoms with E-state index in [9.17, 15) is 0 Å². The maximum atomic E-state index is 2.59. The molecule has 7 aromatic rings. The molecule has 2 nitrogen and oxygen atoms in total. The van der Waals surface area contributed by atoms with Crippen LogP contribution in [0.15, 0.2) is 121 Å². The number of benzene rings is 7. The molecule has 7 rings (SSSR count). The van der Waals surface area contributed by atoms with Crippen molar-refractivity contribution >= 4 is 43.1 Å². The van der Waals surface area contributed by atoms with Crippen LogP contribution in [-0.4, -0.2) is 64.3 Å². The van der Waals surface area contributed by atoms with E-state index in [1.54, 1.807) is 0 Å². The molecule has 0 N–H and O–H groups in total. The highest BCUT2D eigenvalue weighted by Gasteiger charge is 2.22. The lowest BCUT2D eigenvalue weighted by Gasteiger charge is -2.27. The fourth-order valence-corrected chi connectivity index (χ4v) is 7.09. The highest BCUT2D eigenvalue weighted by Crippen LogP contribution is 2.44. The molecule has 230 valence electrons. The summed E-state index contributed by atoms with van der Waals surface area (Å²) in [5.41, 5.74) is 8.33. The van der Waals surface area contributed by atoms with Crippen LogP contribution in [0.1, 0.15) is 11.1 Å². The molecule has 0 heterocycles. The van der Waals surface area contributed by atoms with Crippen LogP contribution in [-0.2, 0) is 12.8 Å². The minimum Gasteiger partial charge on any atom is -0.331 e. The van der Waals surface area contributed by atoms with Gasteiger partial charge in [-0.2, -0.15) is 0 Å². The van der Waals surface area contributed by atoms with Crippen LogP contribution >= 0.6 is 0 Å². The van der Waals surface area contributed by atoms with Crippen molar-refractivity contribution in [2.75, 3.05) is 55.4 Å². The van der Waals surface area contributed by atoms with E-state index in [4.69, 9.17) is 0 Å². The number of quaternary nitrogens is 2. The van der Waals surface area contributed by atoms with Crippen molar-refractivity contribution in [2.24, 2.45) is 0 Å². The van der Waals surface area contributed by atoms with E-state index in [0.29, 0.717) is 0 Å². The number of nitrogens with zero attached hydrogens (tertiary/aromatic N) is 2. The van der Waals surface area contributed by atoms with Crippen LogP contribution in [0.3, 0.4) is 0 Å². The monoisotopic (exact) mass is 602 g/mol. The first-order valence-corrected chi connectivity index (χ1v) is 16.6. The van der Waals surface area contributed by atoms with E-state index in [1.807, 2.05) is 0 Å². The number of rotatable bonds is 8. The Morgan fingerprint density at radius 2 is 0.674 bits per heavy atom. The first kappa shape index (κ1) is 30.2. The summed E-state index contributed by atoms with van der Waals surface area (Å²) >= 11 is 0. The van der Waals surface area contributed by atoms with Crippen LogP contribution in [0.25, 0.3) is 65.3 Å². The third-order valence-corrected chi connectivity index (χ3v) is 9.51. The van der Waals surface area contributed by atoms with Crippen molar-refractivity contribution in [3.8, 4) is 22.3 Å². The minimum atomic E-state index is 0.930. The van der Waals surface area contributed by atoms with Crippen molar-refractivity contribution in [1.29, 1.82) is 0 Å². The number of fused-ring (bicyclic) bond motifs is 4. The second kappa shape index (κ2) is 11.7. The molecule has 0 atom stereocenters. The van der Waals surface area contributed by atoms with Crippen molar-refractivity contribution in [3.05, 3.63) is 132 Å². The fraction of sp³-hybridized carbons (Fsp3) is 0.227. The summed E-state index contributed by atoms with van der Waals surface area (Å²) in [6.07, 6.45) is 2.04. The second-order valence-corrected chi connectivity index (χ2v) is 15.1. The Kier molecular flexibility index (Phi) is 7.67. The van der Waals surface area contributed by atoms with E-state index in [-0.39, 0.29) is 0 Å². The summed E-state index contributed by atoms with van der Waals surface area (Å²) in [5, 5.41) is 10.4. The smallest absolute Gasteiger partial charge is 0.0821 e. The molecule has 0 amide bonds. The third kappa shape index (κ3) is 5.91. The Labute approximate surface area is 274 Å². The topological polar surface area (TPSA) is 0 Å². The average molecular weight is 603 g/mol. The van der Waals surface area contributed by atoms with Crippen LogP contribution in [0.2, 0.25) is 0 Å². The van der Waals surface area contributed by atoms with Gasteiger partial charge in [0, 0.05) is 12.8 Å². The van der Waals surface area contributed by atoms with E-state index >= 15 is 0 Å². The largest absolute Gasteiger partial charge is 0.331 e. The van der Waals surface area contributed by atoms with E-state index in [1.165, 1.54) is 76.5 Å². The minimum absolute atomic E-state index is 0.930. The Morgan fingerprint density at radius 3 is 0.978 bits per heavy atom. The van der Waals surface area contributed by atoms with Crippen molar-refractivity contribution < 1.29 is 8.97 Å². The summed E-state index contributed by atoms with van der Waals surface area (Å²) in [7, 11) is 13.8. The molecule has 0 radical (unpaired) electrons. The Bertz CT molecular complexity index is 1960. The Morgan fingerprint density at radius 1 is 0.370 bits per heavy atom. The molecule has 46 heavy (non-hydrogen) atoms. The van der Waals surface area contributed by atoms with Crippen LogP contribution in [0.4, 0.5) is 0 Å². The predicted molar refractivity (Wildman–Crippen MR) is 201 cm³/mol. The lowest BCUT2D eigenvalue weighted by Crippen LogP contribution is -2.36. The maximum absolute atomic E-state index is 2.59. The van der Waals surface area contributed by atoms with E-state index in [0.717, 1.165) is 34.9 Å².